The lowest BCUT2D eigenvalue weighted by Gasteiger charge is -2.23. The molecule has 1 saturated heterocycles. The second-order valence-electron chi connectivity index (χ2n) is 6.30. The number of methoxy groups -OCH3 is 3. The molecule has 0 aliphatic carbocycles. The van der Waals surface area contributed by atoms with Crippen molar-refractivity contribution < 1.29 is 27.4 Å². The van der Waals surface area contributed by atoms with Gasteiger partial charge in [0.05, 0.1) is 21.3 Å². The van der Waals surface area contributed by atoms with Crippen molar-refractivity contribution in [3.63, 3.8) is 0 Å². The Morgan fingerprint density at radius 1 is 1.11 bits per heavy atom. The molecule has 8 nitrogen and oxygen atoms in total. The van der Waals surface area contributed by atoms with E-state index in [9.17, 15) is 13.2 Å². The van der Waals surface area contributed by atoms with Crippen molar-refractivity contribution in [2.24, 2.45) is 0 Å². The van der Waals surface area contributed by atoms with Crippen molar-refractivity contribution in [1.29, 1.82) is 0 Å². The van der Waals surface area contributed by atoms with Crippen LogP contribution < -0.4 is 9.47 Å². The van der Waals surface area contributed by atoms with Gasteiger partial charge in [-0.3, -0.25) is 0 Å². The monoisotopic (exact) mass is 412 g/mol. The zero-order chi connectivity index (χ0) is 20.7. The van der Waals surface area contributed by atoms with Crippen LogP contribution in [0.5, 0.6) is 11.5 Å². The van der Waals surface area contributed by atoms with Crippen LogP contribution in [-0.4, -0.2) is 77.6 Å². The molecule has 0 unspecified atom stereocenters. The molecule has 0 amide bonds. The summed E-state index contributed by atoms with van der Waals surface area (Å²) in [6, 6.07) is 3.09. The predicted molar refractivity (Wildman–Crippen MR) is 106 cm³/mol. The van der Waals surface area contributed by atoms with Gasteiger partial charge in [0.25, 0.3) is 0 Å². The largest absolute Gasteiger partial charge is 0.493 e. The lowest BCUT2D eigenvalue weighted by atomic mass is 10.2. The Morgan fingerprint density at radius 3 is 2.46 bits per heavy atom. The predicted octanol–water partition coefficient (Wildman–Crippen LogP) is 1.61. The van der Waals surface area contributed by atoms with E-state index >= 15 is 0 Å². The van der Waals surface area contributed by atoms with Gasteiger partial charge in [0.2, 0.25) is 10.0 Å². The number of hydrogen-bond acceptors (Lipinski definition) is 7. The summed E-state index contributed by atoms with van der Waals surface area (Å²) in [4.78, 5) is 13.6. The van der Waals surface area contributed by atoms with Crippen molar-refractivity contribution in [1.82, 2.24) is 9.21 Å². The van der Waals surface area contributed by atoms with Gasteiger partial charge in [-0.2, -0.15) is 4.31 Å². The fourth-order valence-electron chi connectivity index (χ4n) is 3.11. The van der Waals surface area contributed by atoms with Crippen LogP contribution >= 0.6 is 0 Å². The first kappa shape index (κ1) is 22.2. The highest BCUT2D eigenvalue weighted by Crippen LogP contribution is 2.37. The molecule has 0 aromatic heterocycles. The number of nitrogens with zero attached hydrogens (tertiary/aromatic N) is 2. The summed E-state index contributed by atoms with van der Waals surface area (Å²) < 4.78 is 43.5. The highest BCUT2D eigenvalue weighted by atomic mass is 32.2. The number of ether oxygens (including phenoxy) is 3. The molecule has 1 aliphatic heterocycles. The standard InChI is InChI=1S/C19H28N2O6S/c1-5-20-9-6-10-21(12-11-20)28(23,24)17-14-15(7-8-18(22)26-3)13-16(25-2)19(17)27-4/h7-8,13-14H,5-6,9-12H2,1-4H3/b8-7+. The maximum atomic E-state index is 13.4. The first-order valence-corrected chi connectivity index (χ1v) is 10.6. The van der Waals surface area contributed by atoms with E-state index < -0.39 is 16.0 Å². The molecular weight excluding hydrogens is 384 g/mol. The van der Waals surface area contributed by atoms with Gasteiger partial charge in [0.15, 0.2) is 11.5 Å². The summed E-state index contributed by atoms with van der Waals surface area (Å²) in [6.45, 7) is 5.34. The number of sulfonamides is 1. The van der Waals surface area contributed by atoms with Crippen LogP contribution in [0.4, 0.5) is 0 Å². The molecular formula is C19H28N2O6S. The second-order valence-corrected chi connectivity index (χ2v) is 8.21. The molecule has 156 valence electrons. The van der Waals surface area contributed by atoms with E-state index in [1.807, 2.05) is 0 Å². The van der Waals surface area contributed by atoms with Crippen LogP contribution in [0.1, 0.15) is 18.9 Å². The van der Waals surface area contributed by atoms with Crippen LogP contribution in [0.25, 0.3) is 6.08 Å². The molecule has 1 fully saturated rings. The zero-order valence-corrected chi connectivity index (χ0v) is 17.6. The Labute approximate surface area is 166 Å². The molecule has 0 saturated carbocycles. The molecule has 0 atom stereocenters. The van der Waals surface area contributed by atoms with Crippen LogP contribution in [0, 0.1) is 0 Å². The molecule has 28 heavy (non-hydrogen) atoms. The first-order valence-electron chi connectivity index (χ1n) is 9.11. The lowest BCUT2D eigenvalue weighted by Crippen LogP contribution is -2.35. The summed E-state index contributed by atoms with van der Waals surface area (Å²) in [6.07, 6.45) is 3.46. The number of rotatable bonds is 7. The minimum absolute atomic E-state index is 0.0174. The van der Waals surface area contributed by atoms with Gasteiger partial charge in [0.1, 0.15) is 4.90 Å². The highest BCUT2D eigenvalue weighted by molar-refractivity contribution is 7.89. The maximum absolute atomic E-state index is 13.4. The molecule has 1 aliphatic rings. The second kappa shape index (κ2) is 9.90. The average molecular weight is 413 g/mol. The van der Waals surface area contributed by atoms with E-state index in [1.54, 1.807) is 6.07 Å². The van der Waals surface area contributed by atoms with Gasteiger partial charge in [-0.15, -0.1) is 0 Å². The van der Waals surface area contributed by atoms with Gasteiger partial charge in [-0.05, 0) is 43.3 Å². The van der Waals surface area contributed by atoms with Crippen LogP contribution in [-0.2, 0) is 19.6 Å². The highest BCUT2D eigenvalue weighted by Gasteiger charge is 2.31. The van der Waals surface area contributed by atoms with Crippen molar-refractivity contribution in [2.75, 3.05) is 54.1 Å². The Bertz CT molecular complexity index is 822. The minimum atomic E-state index is -3.81. The molecule has 0 N–H and O–H groups in total. The van der Waals surface area contributed by atoms with Crippen LogP contribution in [0.3, 0.4) is 0 Å². The lowest BCUT2D eigenvalue weighted by molar-refractivity contribution is -0.134. The summed E-state index contributed by atoms with van der Waals surface area (Å²) in [5, 5.41) is 0. The van der Waals surface area contributed by atoms with Crippen molar-refractivity contribution in [2.45, 2.75) is 18.2 Å². The number of likely N-dealkylation sites (N-methyl/N-ethyl adjacent to an activating group) is 1. The van der Waals surface area contributed by atoms with Gasteiger partial charge in [0, 0.05) is 25.7 Å². The first-order chi connectivity index (χ1) is 13.4. The number of carbonyl (C=O) groups is 1. The molecule has 1 aromatic rings. The Morgan fingerprint density at radius 2 is 1.86 bits per heavy atom. The van der Waals surface area contributed by atoms with E-state index in [2.05, 4.69) is 16.6 Å². The quantitative estimate of drug-likeness (QED) is 0.497. The van der Waals surface area contributed by atoms with Crippen molar-refractivity contribution in [3.05, 3.63) is 23.8 Å². The molecule has 0 radical (unpaired) electrons. The van der Waals surface area contributed by atoms with E-state index in [4.69, 9.17) is 9.47 Å². The van der Waals surface area contributed by atoms with E-state index in [-0.39, 0.29) is 16.4 Å². The molecule has 2 rings (SSSR count). The Hall–Kier alpha value is -2.10. The zero-order valence-electron chi connectivity index (χ0n) is 16.8. The Balaban J connectivity index is 2.48. The van der Waals surface area contributed by atoms with E-state index in [0.717, 1.165) is 19.5 Å². The summed E-state index contributed by atoms with van der Waals surface area (Å²) >= 11 is 0. The fraction of sp³-hybridized carbons (Fsp3) is 0.526. The molecule has 0 bridgehead atoms. The van der Waals surface area contributed by atoms with Gasteiger partial charge in [-0.25, -0.2) is 13.2 Å². The Kier molecular flexibility index (Phi) is 7.85. The molecule has 1 heterocycles. The fourth-order valence-corrected chi connectivity index (χ4v) is 4.79. The number of carbonyl (C=O) groups excluding carboxylic acids is 1. The maximum Gasteiger partial charge on any atom is 0.330 e. The number of benzene rings is 1. The van der Waals surface area contributed by atoms with Gasteiger partial charge in [-0.1, -0.05) is 6.92 Å². The third kappa shape index (κ3) is 5.03. The van der Waals surface area contributed by atoms with E-state index in [1.165, 1.54) is 43.9 Å². The number of hydrogen-bond donors (Lipinski definition) is 0. The third-order valence-corrected chi connectivity index (χ3v) is 6.60. The SMILES string of the molecule is CCN1CCCN(S(=O)(=O)c2cc(/C=C/C(=O)OC)cc(OC)c2OC)CC1. The summed E-state index contributed by atoms with van der Waals surface area (Å²) in [5.41, 5.74) is 0.492. The van der Waals surface area contributed by atoms with E-state index in [0.29, 0.717) is 25.2 Å². The topological polar surface area (TPSA) is 85.4 Å². The van der Waals surface area contributed by atoms with Crippen molar-refractivity contribution in [3.8, 4) is 11.5 Å². The van der Waals surface area contributed by atoms with Crippen LogP contribution in [0.15, 0.2) is 23.1 Å². The van der Waals surface area contributed by atoms with Gasteiger partial charge < -0.3 is 19.1 Å². The van der Waals surface area contributed by atoms with Crippen molar-refractivity contribution >= 4 is 22.1 Å². The normalized spacial score (nSPS) is 16.7. The molecule has 1 aromatic carbocycles. The van der Waals surface area contributed by atoms with Gasteiger partial charge >= 0.3 is 5.97 Å². The summed E-state index contributed by atoms with van der Waals surface area (Å²) in [7, 11) is 0.309. The van der Waals surface area contributed by atoms with Crippen LogP contribution in [0.2, 0.25) is 0 Å². The summed E-state index contributed by atoms with van der Waals surface area (Å²) in [5.74, 6) is -0.112. The molecule has 9 heteroatoms. The third-order valence-electron chi connectivity index (χ3n) is 4.69. The minimum Gasteiger partial charge on any atom is -0.493 e. The smallest absolute Gasteiger partial charge is 0.330 e. The molecule has 0 spiro atoms. The number of esters is 1. The average Bonchev–Trinajstić information content (AvgIpc) is 2.97.